The number of aryl methyl sites for hydroxylation is 1. The molecule has 0 saturated carbocycles. The van der Waals surface area contributed by atoms with Crippen molar-refractivity contribution in [2.24, 2.45) is 0 Å². The van der Waals surface area contributed by atoms with Gasteiger partial charge in [-0.05, 0) is 60.7 Å². The van der Waals surface area contributed by atoms with Gasteiger partial charge in [0.25, 0.3) is 0 Å². The molecule has 3 aromatic rings. The molecule has 136 valence electrons. The van der Waals surface area contributed by atoms with Crippen molar-refractivity contribution in [3.8, 4) is 11.1 Å². The third-order valence-corrected chi connectivity index (χ3v) is 4.43. The largest absolute Gasteiger partial charge is 0.459 e. The Kier molecular flexibility index (Phi) is 5.56. The van der Waals surface area contributed by atoms with Gasteiger partial charge in [0.1, 0.15) is 0 Å². The van der Waals surface area contributed by atoms with E-state index in [4.69, 9.17) is 4.74 Å². The van der Waals surface area contributed by atoms with Crippen LogP contribution in [0.1, 0.15) is 40.9 Å². The van der Waals surface area contributed by atoms with E-state index in [9.17, 15) is 4.79 Å². The Morgan fingerprint density at radius 3 is 1.59 bits per heavy atom. The second-order valence-corrected chi connectivity index (χ2v) is 6.95. The Morgan fingerprint density at radius 1 is 0.741 bits per heavy atom. The fraction of sp³-hybridized carbons (Fsp3) is 0.160. The van der Waals surface area contributed by atoms with Crippen LogP contribution in [-0.4, -0.2) is 12.1 Å². The number of rotatable bonds is 5. The molecule has 0 fully saturated rings. The van der Waals surface area contributed by atoms with Crippen LogP contribution in [0.3, 0.4) is 0 Å². The van der Waals surface area contributed by atoms with Gasteiger partial charge in [0.15, 0.2) is 0 Å². The molecule has 0 bridgehead atoms. The highest BCUT2D eigenvalue weighted by molar-refractivity contribution is 5.90. The van der Waals surface area contributed by atoms with Gasteiger partial charge in [-0.2, -0.15) is 0 Å². The summed E-state index contributed by atoms with van der Waals surface area (Å²) in [5.74, 6) is -0.290. The van der Waals surface area contributed by atoms with Gasteiger partial charge in [-0.3, -0.25) is 0 Å². The Morgan fingerprint density at radius 2 is 1.15 bits per heavy atom. The van der Waals surface area contributed by atoms with Gasteiger partial charge in [0.05, 0.1) is 11.7 Å². The minimum absolute atomic E-state index is 0.119. The van der Waals surface area contributed by atoms with Gasteiger partial charge in [0, 0.05) is 0 Å². The third-order valence-electron chi connectivity index (χ3n) is 4.43. The Labute approximate surface area is 161 Å². The molecule has 0 aliphatic carbocycles. The Balaban J connectivity index is 1.76. The van der Waals surface area contributed by atoms with E-state index >= 15 is 0 Å². The van der Waals surface area contributed by atoms with Crippen LogP contribution < -0.4 is 0 Å². The zero-order chi connectivity index (χ0) is 19.4. The standard InChI is InChI=1S/C25H24O2/c1-17(2)27-25(26)24-15-13-23(14-16-24)22-11-9-21(10-12-22)19(4)20-7-5-18(3)6-8-20/h5-17H,4H2,1-3H3. The van der Waals surface area contributed by atoms with E-state index in [2.05, 4.69) is 62.0 Å². The molecular formula is C25H24O2. The zero-order valence-electron chi connectivity index (χ0n) is 16.0. The van der Waals surface area contributed by atoms with E-state index in [1.165, 1.54) is 5.56 Å². The summed E-state index contributed by atoms with van der Waals surface area (Å²) in [5, 5.41) is 0. The summed E-state index contributed by atoms with van der Waals surface area (Å²) >= 11 is 0. The first-order chi connectivity index (χ1) is 12.9. The van der Waals surface area contributed by atoms with E-state index in [0.29, 0.717) is 5.56 Å². The predicted octanol–water partition coefficient (Wildman–Crippen LogP) is 6.29. The Hall–Kier alpha value is -3.13. The number of carbonyl (C=O) groups excluding carboxylic acids is 1. The SMILES string of the molecule is C=C(c1ccc(C)cc1)c1ccc(-c2ccc(C(=O)OC(C)C)cc2)cc1. The van der Waals surface area contributed by atoms with E-state index in [1.54, 1.807) is 12.1 Å². The van der Waals surface area contributed by atoms with Crippen LogP contribution in [0.4, 0.5) is 0 Å². The van der Waals surface area contributed by atoms with Crippen molar-refractivity contribution in [3.63, 3.8) is 0 Å². The summed E-state index contributed by atoms with van der Waals surface area (Å²) in [5.41, 5.74) is 7.19. The predicted molar refractivity (Wildman–Crippen MR) is 112 cm³/mol. The summed E-state index contributed by atoms with van der Waals surface area (Å²) < 4.78 is 5.22. The lowest BCUT2D eigenvalue weighted by Crippen LogP contribution is -2.11. The molecule has 0 radical (unpaired) electrons. The summed E-state index contributed by atoms with van der Waals surface area (Å²) in [6, 6.07) is 24.2. The fourth-order valence-corrected chi connectivity index (χ4v) is 2.87. The lowest BCUT2D eigenvalue weighted by atomic mass is 9.96. The average molecular weight is 356 g/mol. The van der Waals surface area contributed by atoms with Crippen LogP contribution in [0, 0.1) is 6.92 Å². The van der Waals surface area contributed by atoms with Gasteiger partial charge in [0.2, 0.25) is 0 Å². The van der Waals surface area contributed by atoms with Crippen LogP contribution in [-0.2, 0) is 4.74 Å². The first-order valence-corrected chi connectivity index (χ1v) is 9.12. The van der Waals surface area contributed by atoms with Crippen molar-refractivity contribution in [3.05, 3.63) is 102 Å². The van der Waals surface area contributed by atoms with Crippen molar-refractivity contribution in [2.45, 2.75) is 26.9 Å². The number of ether oxygens (including phenoxy) is 1. The normalized spacial score (nSPS) is 10.7. The van der Waals surface area contributed by atoms with Gasteiger partial charge in [-0.1, -0.05) is 72.8 Å². The summed E-state index contributed by atoms with van der Waals surface area (Å²) in [4.78, 5) is 11.9. The molecule has 27 heavy (non-hydrogen) atoms. The molecule has 2 heteroatoms. The van der Waals surface area contributed by atoms with Gasteiger partial charge >= 0.3 is 5.97 Å². The molecule has 3 aromatic carbocycles. The third kappa shape index (κ3) is 4.53. The highest BCUT2D eigenvalue weighted by Crippen LogP contribution is 2.26. The number of hydrogen-bond donors (Lipinski definition) is 0. The molecule has 0 heterocycles. The lowest BCUT2D eigenvalue weighted by molar-refractivity contribution is 0.0378. The van der Waals surface area contributed by atoms with Crippen LogP contribution in [0.2, 0.25) is 0 Å². The zero-order valence-corrected chi connectivity index (χ0v) is 16.0. The monoisotopic (exact) mass is 356 g/mol. The van der Waals surface area contributed by atoms with Crippen LogP contribution in [0.25, 0.3) is 16.7 Å². The number of benzene rings is 3. The number of esters is 1. The molecule has 0 spiro atoms. The maximum atomic E-state index is 11.9. The van der Waals surface area contributed by atoms with Crippen LogP contribution in [0.5, 0.6) is 0 Å². The topological polar surface area (TPSA) is 26.3 Å². The number of carbonyl (C=O) groups is 1. The molecule has 0 aliphatic rings. The average Bonchev–Trinajstić information content (AvgIpc) is 2.68. The lowest BCUT2D eigenvalue weighted by Gasteiger charge is -2.10. The smallest absolute Gasteiger partial charge is 0.338 e. The summed E-state index contributed by atoms with van der Waals surface area (Å²) in [6.45, 7) is 10.00. The minimum atomic E-state index is -0.290. The molecule has 0 N–H and O–H groups in total. The molecule has 2 nitrogen and oxygen atoms in total. The van der Waals surface area contributed by atoms with Crippen molar-refractivity contribution in [1.29, 1.82) is 0 Å². The van der Waals surface area contributed by atoms with E-state index in [1.807, 2.05) is 26.0 Å². The molecule has 0 atom stereocenters. The first-order valence-electron chi connectivity index (χ1n) is 9.12. The summed E-state index contributed by atoms with van der Waals surface area (Å²) in [6.07, 6.45) is -0.119. The van der Waals surface area contributed by atoms with E-state index in [-0.39, 0.29) is 12.1 Å². The van der Waals surface area contributed by atoms with Gasteiger partial charge in [-0.25, -0.2) is 4.79 Å². The maximum absolute atomic E-state index is 11.9. The summed E-state index contributed by atoms with van der Waals surface area (Å²) in [7, 11) is 0. The molecule has 0 aromatic heterocycles. The molecule has 0 unspecified atom stereocenters. The van der Waals surface area contributed by atoms with Crippen molar-refractivity contribution in [2.75, 3.05) is 0 Å². The molecule has 0 aliphatic heterocycles. The molecular weight excluding hydrogens is 332 g/mol. The van der Waals surface area contributed by atoms with Crippen LogP contribution >= 0.6 is 0 Å². The van der Waals surface area contributed by atoms with Gasteiger partial charge in [-0.15, -0.1) is 0 Å². The molecule has 0 amide bonds. The first kappa shape index (κ1) is 18.7. The highest BCUT2D eigenvalue weighted by Gasteiger charge is 2.09. The van der Waals surface area contributed by atoms with Crippen LogP contribution in [0.15, 0.2) is 79.4 Å². The second kappa shape index (κ2) is 8.05. The van der Waals surface area contributed by atoms with Crippen molar-refractivity contribution >= 4 is 11.5 Å². The second-order valence-electron chi connectivity index (χ2n) is 6.95. The quantitative estimate of drug-likeness (QED) is 0.502. The Bertz CT molecular complexity index is 931. The highest BCUT2D eigenvalue weighted by atomic mass is 16.5. The van der Waals surface area contributed by atoms with Crippen molar-refractivity contribution in [1.82, 2.24) is 0 Å². The van der Waals surface area contributed by atoms with E-state index in [0.717, 1.165) is 27.8 Å². The van der Waals surface area contributed by atoms with Gasteiger partial charge < -0.3 is 4.74 Å². The van der Waals surface area contributed by atoms with E-state index < -0.39 is 0 Å². The molecule has 3 rings (SSSR count). The number of hydrogen-bond acceptors (Lipinski definition) is 2. The minimum Gasteiger partial charge on any atom is -0.459 e. The van der Waals surface area contributed by atoms with Crippen molar-refractivity contribution < 1.29 is 9.53 Å². The molecule has 0 saturated heterocycles. The fourth-order valence-electron chi connectivity index (χ4n) is 2.87. The maximum Gasteiger partial charge on any atom is 0.338 e.